The van der Waals surface area contributed by atoms with Crippen molar-refractivity contribution in [2.24, 2.45) is 5.73 Å². The summed E-state index contributed by atoms with van der Waals surface area (Å²) in [5, 5.41) is 8.92. The van der Waals surface area contributed by atoms with Gasteiger partial charge in [0.2, 0.25) is 0 Å². The van der Waals surface area contributed by atoms with Gasteiger partial charge in [-0.05, 0) is 89.9 Å². The Balaban J connectivity index is 4.40. The van der Waals surface area contributed by atoms with E-state index in [1.54, 1.807) is 0 Å². The molecule has 0 aliphatic carbocycles. The normalized spacial score (nSPS) is 14.6. The number of phosphoric ester groups is 1. The number of nitrogens with two attached hydrogens (primary N) is 1. The van der Waals surface area contributed by atoms with E-state index in [4.69, 9.17) is 24.8 Å². The first-order valence-corrected chi connectivity index (χ1v) is 26.1. The monoisotopic (exact) mass is 940 g/mol. The molecule has 0 saturated carbocycles. The fraction of sp³-hybridized carbons (Fsp3) is 0.574. The standard InChI is InChI=1S/C54H86NO10P/c1-3-5-7-9-11-13-15-17-19-21-23-24-25-26-28-29-31-33-35-37-39-41-43-45-52(56)62-47-50(48-63-66(60,61)64-49-51(55)54(58)59)65-53(57)46-44-42-40-38-36-34-32-30-27-22-20-18-16-14-12-10-8-6-4-2/h5-8,11-14,17-20,23-24,27,30,34,36,40,42,50-51H,3-4,9-10,15-16,21-22,25-26,28-29,31-33,35,37-39,41,43-49,55H2,1-2H3,(H,58,59)(H,60,61)/b7-5-,8-6-,13-11-,14-12-,19-17-,20-18-,24-23-,30-27-,36-34-,42-40-. The number of carbonyl (C=O) groups is 3. The molecule has 4 N–H and O–H groups in total. The van der Waals surface area contributed by atoms with Crippen LogP contribution in [-0.2, 0) is 37.5 Å². The van der Waals surface area contributed by atoms with Crippen molar-refractivity contribution in [3.63, 3.8) is 0 Å². The van der Waals surface area contributed by atoms with Gasteiger partial charge in [-0.3, -0.25) is 23.4 Å². The second kappa shape index (κ2) is 47.4. The van der Waals surface area contributed by atoms with Crippen molar-refractivity contribution in [3.8, 4) is 0 Å². The van der Waals surface area contributed by atoms with Crippen molar-refractivity contribution < 1.29 is 47.5 Å². The van der Waals surface area contributed by atoms with Crippen molar-refractivity contribution in [1.29, 1.82) is 0 Å². The van der Waals surface area contributed by atoms with Crippen molar-refractivity contribution in [2.45, 2.75) is 180 Å². The molecule has 0 aromatic rings. The molecule has 12 heteroatoms. The van der Waals surface area contributed by atoms with E-state index in [2.05, 4.69) is 122 Å². The molecule has 0 fully saturated rings. The second-order valence-corrected chi connectivity index (χ2v) is 17.3. The van der Waals surface area contributed by atoms with Crippen LogP contribution in [0.2, 0.25) is 0 Å². The lowest BCUT2D eigenvalue weighted by Gasteiger charge is -2.20. The van der Waals surface area contributed by atoms with Crippen LogP contribution in [0.1, 0.15) is 168 Å². The SMILES string of the molecule is CC/C=C\C/C=C\C/C=C\C/C=C\C/C=C\C/C=C\CCC(=O)OC(COC(=O)CCCCCCCCCCCC/C=C\C/C=C\C/C=C\C/C=C\CC)COP(=O)(O)OCC(N)C(=O)O. The number of carbonyl (C=O) groups excluding carboxylic acids is 2. The van der Waals surface area contributed by atoms with Crippen molar-refractivity contribution in [1.82, 2.24) is 0 Å². The first kappa shape index (κ1) is 61.9. The van der Waals surface area contributed by atoms with Gasteiger partial charge in [0.05, 0.1) is 13.2 Å². The Kier molecular flexibility index (Phi) is 44.4. The number of phosphoric acid groups is 1. The van der Waals surface area contributed by atoms with E-state index in [0.29, 0.717) is 19.3 Å². The number of aliphatic carboxylic acids is 1. The Morgan fingerprint density at radius 2 is 0.833 bits per heavy atom. The van der Waals surface area contributed by atoms with Gasteiger partial charge in [0.1, 0.15) is 12.6 Å². The summed E-state index contributed by atoms with van der Waals surface area (Å²) in [6.45, 7) is 2.49. The number of hydrogen-bond donors (Lipinski definition) is 3. The molecule has 66 heavy (non-hydrogen) atoms. The van der Waals surface area contributed by atoms with Crippen LogP contribution >= 0.6 is 7.82 Å². The molecule has 0 rings (SSSR count). The molecule has 0 aromatic carbocycles. The molecule has 0 amide bonds. The molecule has 372 valence electrons. The maximum Gasteiger partial charge on any atom is 0.472 e. The first-order chi connectivity index (χ1) is 32.1. The lowest BCUT2D eigenvalue weighted by Crippen LogP contribution is -2.34. The van der Waals surface area contributed by atoms with E-state index < -0.39 is 51.1 Å². The first-order valence-electron chi connectivity index (χ1n) is 24.6. The highest BCUT2D eigenvalue weighted by Gasteiger charge is 2.28. The topological polar surface area (TPSA) is 172 Å². The zero-order valence-corrected chi connectivity index (χ0v) is 41.4. The van der Waals surface area contributed by atoms with E-state index in [-0.39, 0.29) is 19.4 Å². The molecule has 0 radical (unpaired) electrons. The second-order valence-electron chi connectivity index (χ2n) is 15.8. The Bertz CT molecular complexity index is 1570. The third kappa shape index (κ3) is 46.4. The number of carboxylic acids is 1. The zero-order chi connectivity index (χ0) is 48.4. The summed E-state index contributed by atoms with van der Waals surface area (Å²) in [5.74, 6) is -2.51. The molecule has 0 aliphatic heterocycles. The van der Waals surface area contributed by atoms with Crippen molar-refractivity contribution >= 4 is 25.7 Å². The summed E-state index contributed by atoms with van der Waals surface area (Å²) in [7, 11) is -4.75. The van der Waals surface area contributed by atoms with Gasteiger partial charge in [0.25, 0.3) is 0 Å². The maximum absolute atomic E-state index is 12.6. The van der Waals surface area contributed by atoms with Crippen LogP contribution in [0.3, 0.4) is 0 Å². The Morgan fingerprint density at radius 3 is 1.26 bits per heavy atom. The van der Waals surface area contributed by atoms with Crippen molar-refractivity contribution in [3.05, 3.63) is 122 Å². The quantitative estimate of drug-likeness (QED) is 0.0230. The van der Waals surface area contributed by atoms with Gasteiger partial charge in [0, 0.05) is 12.8 Å². The summed E-state index contributed by atoms with van der Waals surface area (Å²) in [6.07, 6.45) is 64.2. The molecule has 0 saturated heterocycles. The highest BCUT2D eigenvalue weighted by molar-refractivity contribution is 7.47. The molecule has 0 aliphatic rings. The lowest BCUT2D eigenvalue weighted by atomic mass is 10.1. The van der Waals surface area contributed by atoms with Gasteiger partial charge >= 0.3 is 25.7 Å². The zero-order valence-electron chi connectivity index (χ0n) is 40.5. The molecule has 11 nitrogen and oxygen atoms in total. The lowest BCUT2D eigenvalue weighted by molar-refractivity contribution is -0.161. The fourth-order valence-electron chi connectivity index (χ4n) is 5.96. The van der Waals surface area contributed by atoms with E-state index in [1.807, 2.05) is 18.2 Å². The summed E-state index contributed by atoms with van der Waals surface area (Å²) in [5.41, 5.74) is 5.34. The van der Waals surface area contributed by atoms with Crippen LogP contribution < -0.4 is 5.73 Å². The molecule has 0 aromatic heterocycles. The van der Waals surface area contributed by atoms with Gasteiger partial charge in [-0.25, -0.2) is 4.57 Å². The van der Waals surface area contributed by atoms with Crippen LogP contribution in [0.25, 0.3) is 0 Å². The third-order valence-corrected chi connectivity index (χ3v) is 10.7. The van der Waals surface area contributed by atoms with Gasteiger partial charge in [-0.1, -0.05) is 187 Å². The number of carboxylic acid groups (broad SMARTS) is 1. The van der Waals surface area contributed by atoms with E-state index >= 15 is 0 Å². The molecule has 3 atom stereocenters. The van der Waals surface area contributed by atoms with E-state index in [9.17, 15) is 23.8 Å². The molecule has 0 spiro atoms. The van der Waals surface area contributed by atoms with Crippen molar-refractivity contribution in [2.75, 3.05) is 19.8 Å². The van der Waals surface area contributed by atoms with Gasteiger partial charge in [-0.15, -0.1) is 0 Å². The van der Waals surface area contributed by atoms with Gasteiger partial charge < -0.3 is 25.2 Å². The number of rotatable bonds is 44. The van der Waals surface area contributed by atoms with Crippen LogP contribution in [-0.4, -0.2) is 59.9 Å². The Hall–Kier alpha value is -4.12. The van der Waals surface area contributed by atoms with Crippen LogP contribution in [0.15, 0.2) is 122 Å². The molecule has 0 heterocycles. The molecule has 3 unspecified atom stereocenters. The maximum atomic E-state index is 12.6. The average molecular weight is 940 g/mol. The van der Waals surface area contributed by atoms with Gasteiger partial charge in [-0.2, -0.15) is 0 Å². The number of allylic oxidation sites excluding steroid dienone is 20. The van der Waals surface area contributed by atoms with Crippen LogP contribution in [0.4, 0.5) is 0 Å². The number of hydrogen-bond acceptors (Lipinski definition) is 9. The molecular weight excluding hydrogens is 854 g/mol. The van der Waals surface area contributed by atoms with Crippen LogP contribution in [0.5, 0.6) is 0 Å². The Labute approximate surface area is 399 Å². The predicted molar refractivity (Wildman–Crippen MR) is 272 cm³/mol. The van der Waals surface area contributed by atoms with Crippen LogP contribution in [0, 0.1) is 0 Å². The average Bonchev–Trinajstić information content (AvgIpc) is 3.30. The number of ether oxygens (including phenoxy) is 2. The predicted octanol–water partition coefficient (Wildman–Crippen LogP) is 14.0. The minimum atomic E-state index is -4.75. The fourth-order valence-corrected chi connectivity index (χ4v) is 6.74. The minimum absolute atomic E-state index is 0.0278. The number of unbranched alkanes of at least 4 members (excludes halogenated alkanes) is 10. The smallest absolute Gasteiger partial charge is 0.472 e. The third-order valence-electron chi connectivity index (χ3n) is 9.72. The summed E-state index contributed by atoms with van der Waals surface area (Å²) >= 11 is 0. The minimum Gasteiger partial charge on any atom is -0.480 e. The summed E-state index contributed by atoms with van der Waals surface area (Å²) < 4.78 is 32.7. The van der Waals surface area contributed by atoms with E-state index in [1.165, 1.54) is 38.5 Å². The van der Waals surface area contributed by atoms with E-state index in [0.717, 1.165) is 83.5 Å². The largest absolute Gasteiger partial charge is 0.480 e. The van der Waals surface area contributed by atoms with Gasteiger partial charge in [0.15, 0.2) is 6.10 Å². The highest BCUT2D eigenvalue weighted by atomic mass is 31.2. The summed E-state index contributed by atoms with van der Waals surface area (Å²) in [6, 6.07) is -1.54. The number of esters is 2. The molecule has 0 bridgehead atoms. The Morgan fingerprint density at radius 1 is 0.470 bits per heavy atom. The highest BCUT2D eigenvalue weighted by Crippen LogP contribution is 2.43. The molecular formula is C54H86NO10P. The summed E-state index contributed by atoms with van der Waals surface area (Å²) in [4.78, 5) is 46.1.